The van der Waals surface area contributed by atoms with Crippen LogP contribution in [0.4, 0.5) is 0 Å². The van der Waals surface area contributed by atoms with Crippen LogP contribution in [0.2, 0.25) is 0 Å². The standard InChI is InChI=1S/C22H21N3OS/c1-3-26-20-13-11-19(12-14-20)25-16(2)23-24-22(25)27-15-18-9-6-8-17-7-4-5-10-21(17)18/h4-14H,3,15H2,1-2H3. The van der Waals surface area contributed by atoms with E-state index in [2.05, 4.69) is 57.2 Å². The number of nitrogens with zero attached hydrogens (tertiary/aromatic N) is 3. The van der Waals surface area contributed by atoms with E-state index in [-0.39, 0.29) is 0 Å². The number of thioether (sulfide) groups is 1. The SMILES string of the molecule is CCOc1ccc(-n2c(C)nnc2SCc2cccc3ccccc23)cc1. The Morgan fingerprint density at radius 1 is 0.926 bits per heavy atom. The highest BCUT2D eigenvalue weighted by atomic mass is 32.2. The first-order valence-electron chi connectivity index (χ1n) is 9.01. The summed E-state index contributed by atoms with van der Waals surface area (Å²) < 4.78 is 7.63. The number of hydrogen-bond acceptors (Lipinski definition) is 4. The molecular formula is C22H21N3OS. The summed E-state index contributed by atoms with van der Waals surface area (Å²) in [5, 5.41) is 12.1. The lowest BCUT2D eigenvalue weighted by atomic mass is 10.1. The van der Waals surface area contributed by atoms with Crippen molar-refractivity contribution in [2.75, 3.05) is 6.61 Å². The third-order valence-corrected chi connectivity index (χ3v) is 5.42. The maximum atomic E-state index is 5.54. The Balaban J connectivity index is 1.60. The van der Waals surface area contributed by atoms with Crippen LogP contribution < -0.4 is 4.74 Å². The zero-order valence-corrected chi connectivity index (χ0v) is 16.2. The van der Waals surface area contributed by atoms with Gasteiger partial charge in [0.05, 0.1) is 6.61 Å². The minimum absolute atomic E-state index is 0.664. The topological polar surface area (TPSA) is 39.9 Å². The molecule has 0 bridgehead atoms. The second-order valence-electron chi connectivity index (χ2n) is 6.22. The van der Waals surface area contributed by atoms with Crippen LogP contribution in [0.25, 0.3) is 16.5 Å². The molecule has 3 aromatic carbocycles. The van der Waals surface area contributed by atoms with E-state index in [0.29, 0.717) is 6.61 Å². The molecule has 4 nitrogen and oxygen atoms in total. The van der Waals surface area contributed by atoms with Crippen molar-refractivity contribution in [3.8, 4) is 11.4 Å². The van der Waals surface area contributed by atoms with Gasteiger partial charge in [0.2, 0.25) is 0 Å². The van der Waals surface area contributed by atoms with Crippen molar-refractivity contribution >= 4 is 22.5 Å². The first kappa shape index (κ1) is 17.6. The highest BCUT2D eigenvalue weighted by molar-refractivity contribution is 7.98. The smallest absolute Gasteiger partial charge is 0.196 e. The molecule has 1 heterocycles. The van der Waals surface area contributed by atoms with E-state index in [1.54, 1.807) is 11.8 Å². The molecule has 27 heavy (non-hydrogen) atoms. The van der Waals surface area contributed by atoms with Crippen LogP contribution in [0.1, 0.15) is 18.3 Å². The maximum absolute atomic E-state index is 5.54. The second kappa shape index (κ2) is 7.84. The molecule has 0 saturated carbocycles. The van der Waals surface area contributed by atoms with Crippen molar-refractivity contribution < 1.29 is 4.74 Å². The maximum Gasteiger partial charge on any atom is 0.196 e. The molecule has 0 aliphatic carbocycles. The van der Waals surface area contributed by atoms with Crippen molar-refractivity contribution in [2.24, 2.45) is 0 Å². The minimum atomic E-state index is 0.664. The van der Waals surface area contributed by atoms with Crippen molar-refractivity contribution in [2.45, 2.75) is 24.8 Å². The van der Waals surface area contributed by atoms with Crippen LogP contribution in [0.3, 0.4) is 0 Å². The molecule has 1 aromatic heterocycles. The van der Waals surface area contributed by atoms with Gasteiger partial charge in [-0.15, -0.1) is 10.2 Å². The van der Waals surface area contributed by atoms with E-state index < -0.39 is 0 Å². The lowest BCUT2D eigenvalue weighted by Gasteiger charge is -2.10. The molecule has 0 N–H and O–H groups in total. The molecule has 4 rings (SSSR count). The number of benzene rings is 3. The average molecular weight is 375 g/mol. The number of hydrogen-bond donors (Lipinski definition) is 0. The van der Waals surface area contributed by atoms with Gasteiger partial charge in [0, 0.05) is 11.4 Å². The fourth-order valence-electron chi connectivity index (χ4n) is 3.15. The minimum Gasteiger partial charge on any atom is -0.494 e. The van der Waals surface area contributed by atoms with Gasteiger partial charge in [-0.3, -0.25) is 4.57 Å². The number of aryl methyl sites for hydroxylation is 1. The van der Waals surface area contributed by atoms with Crippen molar-refractivity contribution in [1.82, 2.24) is 14.8 Å². The number of rotatable bonds is 6. The van der Waals surface area contributed by atoms with E-state index in [4.69, 9.17) is 4.74 Å². The largest absolute Gasteiger partial charge is 0.494 e. The molecule has 0 aliphatic rings. The second-order valence-corrected chi connectivity index (χ2v) is 7.16. The van der Waals surface area contributed by atoms with Gasteiger partial charge in [0.15, 0.2) is 5.16 Å². The van der Waals surface area contributed by atoms with Gasteiger partial charge in [0.1, 0.15) is 11.6 Å². The summed E-state index contributed by atoms with van der Waals surface area (Å²) in [4.78, 5) is 0. The Morgan fingerprint density at radius 2 is 1.70 bits per heavy atom. The van der Waals surface area contributed by atoms with E-state index in [0.717, 1.165) is 28.2 Å². The Hall–Kier alpha value is -2.79. The third kappa shape index (κ3) is 3.69. The molecule has 0 spiro atoms. The highest BCUT2D eigenvalue weighted by Gasteiger charge is 2.12. The average Bonchev–Trinajstić information content (AvgIpc) is 3.07. The summed E-state index contributed by atoms with van der Waals surface area (Å²) in [6.45, 7) is 4.63. The summed E-state index contributed by atoms with van der Waals surface area (Å²) in [6, 6.07) is 23.0. The molecule has 4 aromatic rings. The molecule has 0 radical (unpaired) electrons. The van der Waals surface area contributed by atoms with Crippen LogP contribution in [-0.4, -0.2) is 21.4 Å². The number of aromatic nitrogens is 3. The van der Waals surface area contributed by atoms with Crippen molar-refractivity contribution in [3.05, 3.63) is 78.1 Å². The molecule has 136 valence electrons. The lowest BCUT2D eigenvalue weighted by Crippen LogP contribution is -2.00. The summed E-state index contributed by atoms with van der Waals surface area (Å²) in [5.41, 5.74) is 2.35. The number of fused-ring (bicyclic) bond motifs is 1. The monoisotopic (exact) mass is 375 g/mol. The molecule has 0 saturated heterocycles. The van der Waals surface area contributed by atoms with Gasteiger partial charge < -0.3 is 4.74 Å². The first-order valence-corrected chi connectivity index (χ1v) is 9.99. The molecule has 0 fully saturated rings. The van der Waals surface area contributed by atoms with Gasteiger partial charge in [-0.1, -0.05) is 54.2 Å². The van der Waals surface area contributed by atoms with Gasteiger partial charge in [-0.2, -0.15) is 0 Å². The molecule has 0 atom stereocenters. The quantitative estimate of drug-likeness (QED) is 0.422. The fourth-order valence-corrected chi connectivity index (χ4v) is 4.15. The third-order valence-electron chi connectivity index (χ3n) is 4.44. The van der Waals surface area contributed by atoms with E-state index in [1.165, 1.54) is 16.3 Å². The zero-order valence-electron chi connectivity index (χ0n) is 15.4. The summed E-state index contributed by atoms with van der Waals surface area (Å²) in [7, 11) is 0. The van der Waals surface area contributed by atoms with Crippen LogP contribution in [0, 0.1) is 6.92 Å². The van der Waals surface area contributed by atoms with Crippen molar-refractivity contribution in [1.29, 1.82) is 0 Å². The number of ether oxygens (including phenoxy) is 1. The normalized spacial score (nSPS) is 11.0. The van der Waals surface area contributed by atoms with Gasteiger partial charge in [-0.05, 0) is 54.4 Å². The molecule has 5 heteroatoms. The molecule has 0 unspecified atom stereocenters. The Labute approximate surface area is 163 Å². The predicted molar refractivity (Wildman–Crippen MR) is 111 cm³/mol. The van der Waals surface area contributed by atoms with Gasteiger partial charge >= 0.3 is 0 Å². The fraction of sp³-hybridized carbons (Fsp3) is 0.182. The Bertz CT molecular complexity index is 1050. The highest BCUT2D eigenvalue weighted by Crippen LogP contribution is 2.29. The van der Waals surface area contributed by atoms with Gasteiger partial charge in [0.25, 0.3) is 0 Å². The predicted octanol–water partition coefficient (Wildman–Crippen LogP) is 5.42. The summed E-state index contributed by atoms with van der Waals surface area (Å²) >= 11 is 1.70. The van der Waals surface area contributed by atoms with Crippen LogP contribution in [0.5, 0.6) is 5.75 Å². The van der Waals surface area contributed by atoms with Gasteiger partial charge in [-0.25, -0.2) is 0 Å². The lowest BCUT2D eigenvalue weighted by molar-refractivity contribution is 0.340. The Morgan fingerprint density at radius 3 is 2.52 bits per heavy atom. The molecular weight excluding hydrogens is 354 g/mol. The van der Waals surface area contributed by atoms with Crippen LogP contribution in [0.15, 0.2) is 71.9 Å². The van der Waals surface area contributed by atoms with E-state index in [1.807, 2.05) is 38.1 Å². The molecule has 0 amide bonds. The Kier molecular flexibility index (Phi) is 5.12. The first-order chi connectivity index (χ1) is 13.3. The molecule has 0 aliphatic heterocycles. The van der Waals surface area contributed by atoms with Crippen LogP contribution >= 0.6 is 11.8 Å². The van der Waals surface area contributed by atoms with E-state index in [9.17, 15) is 0 Å². The zero-order chi connectivity index (χ0) is 18.6. The summed E-state index contributed by atoms with van der Waals surface area (Å²) in [5.74, 6) is 2.59. The van der Waals surface area contributed by atoms with Crippen LogP contribution in [-0.2, 0) is 5.75 Å². The van der Waals surface area contributed by atoms with E-state index >= 15 is 0 Å². The van der Waals surface area contributed by atoms with Crippen molar-refractivity contribution in [3.63, 3.8) is 0 Å². The summed E-state index contributed by atoms with van der Waals surface area (Å²) in [6.07, 6.45) is 0.